The molecule has 3 aromatic carbocycles. The van der Waals surface area contributed by atoms with Gasteiger partial charge < -0.3 is 19.9 Å². The Morgan fingerprint density at radius 3 is 2.37 bits per heavy atom. The summed E-state index contributed by atoms with van der Waals surface area (Å²) in [6.45, 7) is 0. The smallest absolute Gasteiger partial charge is 0.264 e. The van der Waals surface area contributed by atoms with Crippen LogP contribution in [0.5, 0.6) is 17.4 Å². The van der Waals surface area contributed by atoms with E-state index >= 15 is 0 Å². The summed E-state index contributed by atoms with van der Waals surface area (Å²) in [7, 11) is -0.0361. The Morgan fingerprint density at radius 2 is 1.66 bits per heavy atom. The maximum Gasteiger partial charge on any atom is 0.264 e. The highest BCUT2D eigenvalue weighted by molar-refractivity contribution is 7.92. The molecular formula is C29H24F2N4O5S. The van der Waals surface area contributed by atoms with Crippen molar-refractivity contribution in [2.24, 2.45) is 0 Å². The van der Waals surface area contributed by atoms with Crippen LogP contribution in [0.1, 0.15) is 0 Å². The van der Waals surface area contributed by atoms with Gasteiger partial charge in [-0.05, 0) is 48.0 Å². The van der Waals surface area contributed by atoms with Crippen LogP contribution in [0.25, 0.3) is 33.2 Å². The van der Waals surface area contributed by atoms with Crippen LogP contribution in [0.2, 0.25) is 0 Å². The predicted molar refractivity (Wildman–Crippen MR) is 152 cm³/mol. The van der Waals surface area contributed by atoms with E-state index in [4.69, 9.17) is 19.9 Å². The van der Waals surface area contributed by atoms with Crippen molar-refractivity contribution < 1.29 is 31.4 Å². The number of fused-ring (bicyclic) bond motifs is 1. The molecule has 2 aromatic heterocycles. The molecule has 3 N–H and O–H groups in total. The largest absolute Gasteiger partial charge is 0.493 e. The Labute approximate surface area is 234 Å². The van der Waals surface area contributed by atoms with Gasteiger partial charge in [0.2, 0.25) is 5.88 Å². The van der Waals surface area contributed by atoms with Gasteiger partial charge in [0.05, 0.1) is 26.8 Å². The second-order valence-corrected chi connectivity index (χ2v) is 10.5. The molecule has 0 saturated heterocycles. The number of benzene rings is 3. The first-order valence-corrected chi connectivity index (χ1v) is 13.6. The number of hydrogen-bond donors (Lipinski definition) is 2. The van der Waals surface area contributed by atoms with Gasteiger partial charge in [-0.3, -0.25) is 4.72 Å². The number of hydrogen-bond acceptors (Lipinski definition) is 8. The summed E-state index contributed by atoms with van der Waals surface area (Å²) in [5.41, 5.74) is 9.44. The van der Waals surface area contributed by atoms with Crippen molar-refractivity contribution in [2.45, 2.75) is 4.90 Å². The minimum absolute atomic E-state index is 0.0361. The van der Waals surface area contributed by atoms with Gasteiger partial charge in [-0.2, -0.15) is 0 Å². The number of aromatic nitrogens is 2. The molecule has 12 heteroatoms. The summed E-state index contributed by atoms with van der Waals surface area (Å²) >= 11 is 0. The highest BCUT2D eigenvalue weighted by atomic mass is 32.2. The molecule has 0 atom stereocenters. The third kappa shape index (κ3) is 5.29. The zero-order valence-corrected chi connectivity index (χ0v) is 22.9. The molecular weight excluding hydrogens is 554 g/mol. The van der Waals surface area contributed by atoms with E-state index in [0.717, 1.165) is 17.5 Å². The molecule has 5 rings (SSSR count). The lowest BCUT2D eigenvalue weighted by atomic mass is 10.00. The summed E-state index contributed by atoms with van der Waals surface area (Å²) in [5, 5.41) is 0.739. The standard InChI is InChI=1S/C29H24F2N4O5S/c1-38-25-6-4-5-20(27(25)39-2)21-12-17-11-16(7-9-23(17)34-28(21)32)18-13-24(29(40-3)33-15-18)35-41(36,37)26-10-8-19(30)14-22(26)31/h4-15,35H,1-3H3,(H2,32,34). The number of nitrogens with zero attached hydrogens (tertiary/aromatic N) is 2. The van der Waals surface area contributed by atoms with E-state index in [0.29, 0.717) is 51.2 Å². The van der Waals surface area contributed by atoms with E-state index < -0.39 is 26.6 Å². The number of para-hydroxylation sites is 1. The van der Waals surface area contributed by atoms with Crippen LogP contribution in [0, 0.1) is 11.6 Å². The van der Waals surface area contributed by atoms with Gasteiger partial charge in [0, 0.05) is 34.3 Å². The third-order valence-corrected chi connectivity index (χ3v) is 7.74. The number of pyridine rings is 2. The van der Waals surface area contributed by atoms with E-state index in [1.165, 1.54) is 26.5 Å². The Balaban J connectivity index is 1.57. The molecule has 0 aliphatic heterocycles. The summed E-state index contributed by atoms with van der Waals surface area (Å²) in [6, 6.07) is 16.4. The fourth-order valence-corrected chi connectivity index (χ4v) is 5.53. The van der Waals surface area contributed by atoms with Crippen LogP contribution in [-0.2, 0) is 10.0 Å². The van der Waals surface area contributed by atoms with Crippen LogP contribution < -0.4 is 24.7 Å². The van der Waals surface area contributed by atoms with E-state index in [-0.39, 0.29) is 11.6 Å². The summed E-state index contributed by atoms with van der Waals surface area (Å²) < 4.78 is 72.0. The number of sulfonamides is 1. The molecule has 41 heavy (non-hydrogen) atoms. The predicted octanol–water partition coefficient (Wildman–Crippen LogP) is 5.65. The van der Waals surface area contributed by atoms with E-state index in [1.807, 2.05) is 24.3 Å². The molecule has 0 unspecified atom stereocenters. The zero-order chi connectivity index (χ0) is 29.3. The van der Waals surface area contributed by atoms with Gasteiger partial charge in [0.25, 0.3) is 10.0 Å². The number of ether oxygens (including phenoxy) is 3. The highest BCUT2D eigenvalue weighted by Gasteiger charge is 2.22. The number of nitrogens with two attached hydrogens (primary N) is 1. The van der Waals surface area contributed by atoms with Gasteiger partial charge in [-0.15, -0.1) is 0 Å². The van der Waals surface area contributed by atoms with E-state index in [2.05, 4.69) is 14.7 Å². The van der Waals surface area contributed by atoms with Crippen molar-refractivity contribution in [2.75, 3.05) is 31.8 Å². The lowest BCUT2D eigenvalue weighted by molar-refractivity contribution is 0.356. The quantitative estimate of drug-likeness (QED) is 0.242. The fourth-order valence-electron chi connectivity index (χ4n) is 4.42. The molecule has 0 amide bonds. The minimum Gasteiger partial charge on any atom is -0.493 e. The summed E-state index contributed by atoms with van der Waals surface area (Å²) in [5.74, 6) is -0.824. The topological polar surface area (TPSA) is 126 Å². The molecule has 0 spiro atoms. The van der Waals surface area contributed by atoms with E-state index in [9.17, 15) is 17.2 Å². The first-order chi connectivity index (χ1) is 19.6. The van der Waals surface area contributed by atoms with Crippen LogP contribution in [0.3, 0.4) is 0 Å². The van der Waals surface area contributed by atoms with Gasteiger partial charge >= 0.3 is 0 Å². The normalized spacial score (nSPS) is 11.3. The molecule has 0 bridgehead atoms. The molecule has 0 aliphatic rings. The second-order valence-electron chi connectivity index (χ2n) is 8.83. The highest BCUT2D eigenvalue weighted by Crippen LogP contribution is 2.41. The molecule has 0 fully saturated rings. The van der Waals surface area contributed by atoms with Crippen molar-refractivity contribution in [1.29, 1.82) is 0 Å². The number of nitrogens with one attached hydrogen (secondary N) is 1. The van der Waals surface area contributed by atoms with Gasteiger partial charge in [0.15, 0.2) is 11.5 Å². The van der Waals surface area contributed by atoms with Crippen LogP contribution >= 0.6 is 0 Å². The van der Waals surface area contributed by atoms with Crippen molar-refractivity contribution in [3.63, 3.8) is 0 Å². The monoisotopic (exact) mass is 578 g/mol. The molecule has 0 aliphatic carbocycles. The van der Waals surface area contributed by atoms with Crippen molar-refractivity contribution in [3.05, 3.63) is 84.6 Å². The number of rotatable bonds is 8. The Morgan fingerprint density at radius 1 is 0.854 bits per heavy atom. The molecule has 210 valence electrons. The number of halogens is 2. The zero-order valence-electron chi connectivity index (χ0n) is 22.1. The number of methoxy groups -OCH3 is 3. The summed E-state index contributed by atoms with van der Waals surface area (Å²) in [4.78, 5) is 8.05. The number of nitrogen functional groups attached to an aromatic ring is 1. The second kappa shape index (κ2) is 10.9. The summed E-state index contributed by atoms with van der Waals surface area (Å²) in [6.07, 6.45) is 1.51. The molecule has 9 nitrogen and oxygen atoms in total. The average molecular weight is 579 g/mol. The lowest BCUT2D eigenvalue weighted by Gasteiger charge is -2.15. The third-order valence-electron chi connectivity index (χ3n) is 6.34. The Hall–Kier alpha value is -4.97. The fraction of sp³-hybridized carbons (Fsp3) is 0.103. The molecule has 0 radical (unpaired) electrons. The Kier molecular flexibility index (Phi) is 7.33. The number of anilines is 2. The SMILES string of the molecule is COc1cccc(-c2cc3cc(-c4cnc(OC)c(NS(=O)(=O)c5ccc(F)cc5F)c4)ccc3nc2N)c1OC. The van der Waals surface area contributed by atoms with Gasteiger partial charge in [-0.25, -0.2) is 27.2 Å². The van der Waals surface area contributed by atoms with Crippen LogP contribution in [0.4, 0.5) is 20.3 Å². The van der Waals surface area contributed by atoms with Crippen molar-refractivity contribution in [1.82, 2.24) is 9.97 Å². The maximum atomic E-state index is 14.3. The molecule has 0 saturated carbocycles. The van der Waals surface area contributed by atoms with Crippen molar-refractivity contribution >= 4 is 32.4 Å². The van der Waals surface area contributed by atoms with Crippen molar-refractivity contribution in [3.8, 4) is 39.6 Å². The average Bonchev–Trinajstić information content (AvgIpc) is 2.95. The van der Waals surface area contributed by atoms with Gasteiger partial charge in [0.1, 0.15) is 28.0 Å². The van der Waals surface area contributed by atoms with Gasteiger partial charge in [-0.1, -0.05) is 18.2 Å². The van der Waals surface area contributed by atoms with E-state index in [1.54, 1.807) is 25.3 Å². The first-order valence-electron chi connectivity index (χ1n) is 12.1. The molecule has 2 heterocycles. The maximum absolute atomic E-state index is 14.3. The molecule has 5 aromatic rings. The lowest BCUT2D eigenvalue weighted by Crippen LogP contribution is -2.15. The Bertz CT molecular complexity index is 1900. The minimum atomic E-state index is -4.44. The van der Waals surface area contributed by atoms with Crippen LogP contribution in [0.15, 0.2) is 77.8 Å². The first kappa shape index (κ1) is 27.6. The van der Waals surface area contributed by atoms with Crippen LogP contribution in [-0.4, -0.2) is 39.7 Å².